The highest BCUT2D eigenvalue weighted by atomic mass is 15.2. The van der Waals surface area contributed by atoms with Crippen LogP contribution >= 0.6 is 0 Å². The molecule has 1 aliphatic heterocycles. The van der Waals surface area contributed by atoms with Crippen LogP contribution in [-0.2, 0) is 0 Å². The van der Waals surface area contributed by atoms with Crippen LogP contribution in [0.25, 0.3) is 0 Å². The van der Waals surface area contributed by atoms with Crippen molar-refractivity contribution in [2.75, 3.05) is 20.1 Å². The Bertz CT molecular complexity index is 160. The van der Waals surface area contributed by atoms with Crippen LogP contribution in [0.3, 0.4) is 0 Å². The third-order valence-electron chi connectivity index (χ3n) is 3.43. The summed E-state index contributed by atoms with van der Waals surface area (Å²) in [6.07, 6.45) is 1.30. The van der Waals surface area contributed by atoms with Gasteiger partial charge >= 0.3 is 0 Å². The van der Waals surface area contributed by atoms with E-state index in [0.717, 1.165) is 0 Å². The Balaban J connectivity index is 2.46. The Morgan fingerprint density at radius 1 is 1.38 bits per heavy atom. The first-order valence-electron chi connectivity index (χ1n) is 5.36. The Kier molecular flexibility index (Phi) is 3.36. The summed E-state index contributed by atoms with van der Waals surface area (Å²) in [5.74, 6) is 0. The number of hydrogen-bond donors (Lipinski definition) is 1. The summed E-state index contributed by atoms with van der Waals surface area (Å²) in [6.45, 7) is 11.8. The second-order valence-electron chi connectivity index (χ2n) is 5.31. The molecule has 1 aliphatic rings. The summed E-state index contributed by atoms with van der Waals surface area (Å²) < 4.78 is 0. The lowest BCUT2D eigenvalue weighted by Gasteiger charge is -2.35. The highest BCUT2D eigenvalue weighted by Crippen LogP contribution is 2.26. The highest BCUT2D eigenvalue weighted by Gasteiger charge is 2.31. The minimum absolute atomic E-state index is 0.405. The molecule has 2 heteroatoms. The standard InChI is InChI=1S/C11H24N2/c1-9(11(2,3)4)13-7-6-10(8-13)12-5/h9-10,12H,6-8H2,1-5H3. The SMILES string of the molecule is CNC1CCN(C(C)C(C)(C)C)C1. The Morgan fingerprint density at radius 3 is 2.38 bits per heavy atom. The maximum atomic E-state index is 3.36. The number of likely N-dealkylation sites (N-methyl/N-ethyl adjacent to an activating group) is 1. The van der Waals surface area contributed by atoms with Gasteiger partial charge in [-0.05, 0) is 25.8 Å². The molecule has 78 valence electrons. The van der Waals surface area contributed by atoms with Crippen molar-refractivity contribution in [2.24, 2.45) is 5.41 Å². The van der Waals surface area contributed by atoms with Crippen LogP contribution in [0.4, 0.5) is 0 Å². The van der Waals surface area contributed by atoms with Crippen molar-refractivity contribution in [1.82, 2.24) is 10.2 Å². The lowest BCUT2D eigenvalue weighted by atomic mass is 9.87. The maximum Gasteiger partial charge on any atom is 0.0204 e. The highest BCUT2D eigenvalue weighted by molar-refractivity contribution is 4.87. The largest absolute Gasteiger partial charge is 0.316 e. The van der Waals surface area contributed by atoms with Gasteiger partial charge in [-0.3, -0.25) is 4.90 Å². The average molecular weight is 184 g/mol. The fourth-order valence-electron chi connectivity index (χ4n) is 1.92. The fourth-order valence-corrected chi connectivity index (χ4v) is 1.92. The van der Waals surface area contributed by atoms with Gasteiger partial charge in [-0.2, -0.15) is 0 Å². The average Bonchev–Trinajstić information content (AvgIpc) is 2.48. The molecule has 0 spiro atoms. The molecule has 2 atom stereocenters. The van der Waals surface area contributed by atoms with E-state index in [1.165, 1.54) is 19.5 Å². The molecule has 0 aromatic heterocycles. The minimum Gasteiger partial charge on any atom is -0.316 e. The van der Waals surface area contributed by atoms with E-state index in [4.69, 9.17) is 0 Å². The summed E-state index contributed by atoms with van der Waals surface area (Å²) in [5.41, 5.74) is 0.405. The van der Waals surface area contributed by atoms with Gasteiger partial charge in [-0.1, -0.05) is 20.8 Å². The Hall–Kier alpha value is -0.0800. The molecule has 1 fully saturated rings. The van der Waals surface area contributed by atoms with Gasteiger partial charge in [0.2, 0.25) is 0 Å². The molecule has 1 rings (SSSR count). The summed E-state index contributed by atoms with van der Waals surface area (Å²) in [4.78, 5) is 2.60. The molecule has 0 aromatic rings. The molecular formula is C11H24N2. The van der Waals surface area contributed by atoms with Crippen LogP contribution in [-0.4, -0.2) is 37.1 Å². The molecule has 0 saturated carbocycles. The number of nitrogens with one attached hydrogen (secondary N) is 1. The number of likely N-dealkylation sites (tertiary alicyclic amines) is 1. The van der Waals surface area contributed by atoms with E-state index >= 15 is 0 Å². The van der Waals surface area contributed by atoms with Crippen molar-refractivity contribution in [3.8, 4) is 0 Å². The van der Waals surface area contributed by atoms with E-state index in [1.54, 1.807) is 0 Å². The molecular weight excluding hydrogens is 160 g/mol. The molecule has 13 heavy (non-hydrogen) atoms. The zero-order valence-electron chi connectivity index (χ0n) is 9.72. The van der Waals surface area contributed by atoms with Gasteiger partial charge in [-0.25, -0.2) is 0 Å². The predicted octanol–water partition coefficient (Wildman–Crippen LogP) is 1.71. The number of nitrogens with zero attached hydrogens (tertiary/aromatic N) is 1. The smallest absolute Gasteiger partial charge is 0.0204 e. The molecule has 1 heterocycles. The van der Waals surface area contributed by atoms with Crippen molar-refractivity contribution < 1.29 is 0 Å². The summed E-state index contributed by atoms with van der Waals surface area (Å²) in [7, 11) is 2.07. The summed E-state index contributed by atoms with van der Waals surface area (Å²) in [5, 5.41) is 3.36. The van der Waals surface area contributed by atoms with Gasteiger partial charge in [-0.15, -0.1) is 0 Å². The number of rotatable bonds is 2. The lowest BCUT2D eigenvalue weighted by Crippen LogP contribution is -2.42. The zero-order chi connectivity index (χ0) is 10.1. The summed E-state index contributed by atoms with van der Waals surface area (Å²) in [6, 6.07) is 1.40. The van der Waals surface area contributed by atoms with Gasteiger partial charge in [0, 0.05) is 25.2 Å². The number of hydrogen-bond acceptors (Lipinski definition) is 2. The van der Waals surface area contributed by atoms with Gasteiger partial charge in [0.05, 0.1) is 0 Å². The van der Waals surface area contributed by atoms with E-state index in [-0.39, 0.29) is 0 Å². The second kappa shape index (κ2) is 3.97. The quantitative estimate of drug-likeness (QED) is 0.703. The lowest BCUT2D eigenvalue weighted by molar-refractivity contribution is 0.137. The normalized spacial score (nSPS) is 27.9. The van der Waals surface area contributed by atoms with E-state index in [9.17, 15) is 0 Å². The second-order valence-corrected chi connectivity index (χ2v) is 5.31. The van der Waals surface area contributed by atoms with Crippen molar-refractivity contribution >= 4 is 0 Å². The molecule has 2 nitrogen and oxygen atoms in total. The first-order valence-corrected chi connectivity index (χ1v) is 5.36. The van der Waals surface area contributed by atoms with E-state index in [2.05, 4.69) is 45.0 Å². The molecule has 1 saturated heterocycles. The van der Waals surface area contributed by atoms with Gasteiger partial charge < -0.3 is 5.32 Å². The van der Waals surface area contributed by atoms with Crippen molar-refractivity contribution in [1.29, 1.82) is 0 Å². The molecule has 2 unspecified atom stereocenters. The predicted molar refractivity (Wildman–Crippen MR) is 58.0 cm³/mol. The molecule has 0 aromatic carbocycles. The minimum atomic E-state index is 0.405. The topological polar surface area (TPSA) is 15.3 Å². The van der Waals surface area contributed by atoms with Crippen LogP contribution in [0.2, 0.25) is 0 Å². The van der Waals surface area contributed by atoms with E-state index in [1.807, 2.05) is 0 Å². The first-order chi connectivity index (χ1) is 5.95. The third-order valence-corrected chi connectivity index (χ3v) is 3.43. The molecule has 1 N–H and O–H groups in total. The Morgan fingerprint density at radius 2 is 2.00 bits per heavy atom. The van der Waals surface area contributed by atoms with E-state index in [0.29, 0.717) is 17.5 Å². The maximum absolute atomic E-state index is 3.36. The molecule has 0 bridgehead atoms. The molecule has 0 aliphatic carbocycles. The van der Waals surface area contributed by atoms with Crippen molar-refractivity contribution in [3.05, 3.63) is 0 Å². The van der Waals surface area contributed by atoms with Crippen LogP contribution in [0.1, 0.15) is 34.1 Å². The third kappa shape index (κ3) is 2.68. The van der Waals surface area contributed by atoms with Crippen LogP contribution in [0.15, 0.2) is 0 Å². The fraction of sp³-hybridized carbons (Fsp3) is 1.00. The van der Waals surface area contributed by atoms with Crippen LogP contribution in [0.5, 0.6) is 0 Å². The van der Waals surface area contributed by atoms with Gasteiger partial charge in [0.15, 0.2) is 0 Å². The Labute approximate surface area is 82.7 Å². The van der Waals surface area contributed by atoms with Crippen LogP contribution < -0.4 is 5.32 Å². The monoisotopic (exact) mass is 184 g/mol. The van der Waals surface area contributed by atoms with Crippen LogP contribution in [0, 0.1) is 5.41 Å². The van der Waals surface area contributed by atoms with Crippen molar-refractivity contribution in [2.45, 2.75) is 46.2 Å². The van der Waals surface area contributed by atoms with Crippen molar-refractivity contribution in [3.63, 3.8) is 0 Å². The summed E-state index contributed by atoms with van der Waals surface area (Å²) >= 11 is 0. The van der Waals surface area contributed by atoms with E-state index < -0.39 is 0 Å². The molecule has 0 radical (unpaired) electrons. The molecule has 0 amide bonds. The van der Waals surface area contributed by atoms with Gasteiger partial charge in [0.25, 0.3) is 0 Å². The zero-order valence-corrected chi connectivity index (χ0v) is 9.72. The van der Waals surface area contributed by atoms with Gasteiger partial charge in [0.1, 0.15) is 0 Å². The first kappa shape index (κ1) is 11.0.